The van der Waals surface area contributed by atoms with Crippen LogP contribution in [0.25, 0.3) is 10.7 Å². The van der Waals surface area contributed by atoms with Crippen LogP contribution in [0.1, 0.15) is 19.4 Å². The number of aromatic nitrogens is 2. The van der Waals surface area contributed by atoms with Gasteiger partial charge in [-0.2, -0.15) is 0 Å². The standard InChI is InChI=1S/C12H16N2OS/c1-10(5-8-15-2)14-7-6-13-12(14)11-4-3-9-16-11/h3-4,6-7,9-10H,5,8H2,1-2H3. The molecule has 2 aromatic heterocycles. The lowest BCUT2D eigenvalue weighted by Gasteiger charge is -2.15. The second-order valence-electron chi connectivity index (χ2n) is 3.77. The topological polar surface area (TPSA) is 27.1 Å². The fraction of sp³-hybridized carbons (Fsp3) is 0.417. The predicted molar refractivity (Wildman–Crippen MR) is 66.7 cm³/mol. The molecule has 0 spiro atoms. The van der Waals surface area contributed by atoms with Crippen molar-refractivity contribution in [3.63, 3.8) is 0 Å². The monoisotopic (exact) mass is 236 g/mol. The first kappa shape index (κ1) is 11.4. The van der Waals surface area contributed by atoms with Crippen molar-refractivity contribution in [3.8, 4) is 10.7 Å². The fourth-order valence-corrected chi connectivity index (χ4v) is 2.42. The quantitative estimate of drug-likeness (QED) is 0.797. The zero-order valence-electron chi connectivity index (χ0n) is 9.59. The van der Waals surface area contributed by atoms with Crippen LogP contribution in [0.2, 0.25) is 0 Å². The smallest absolute Gasteiger partial charge is 0.150 e. The largest absolute Gasteiger partial charge is 0.385 e. The van der Waals surface area contributed by atoms with E-state index in [4.69, 9.17) is 4.74 Å². The third-order valence-corrected chi connectivity index (χ3v) is 3.49. The zero-order valence-corrected chi connectivity index (χ0v) is 10.4. The minimum Gasteiger partial charge on any atom is -0.385 e. The molecule has 2 aromatic rings. The third kappa shape index (κ3) is 2.33. The van der Waals surface area contributed by atoms with Gasteiger partial charge in [0.25, 0.3) is 0 Å². The number of ether oxygens (including phenoxy) is 1. The van der Waals surface area contributed by atoms with Gasteiger partial charge in [0.05, 0.1) is 4.88 Å². The lowest BCUT2D eigenvalue weighted by Crippen LogP contribution is -2.08. The summed E-state index contributed by atoms with van der Waals surface area (Å²) in [5.74, 6) is 1.05. The predicted octanol–water partition coefficient (Wildman–Crippen LogP) is 3.21. The molecule has 86 valence electrons. The van der Waals surface area contributed by atoms with E-state index in [-0.39, 0.29) is 0 Å². The molecule has 0 bridgehead atoms. The molecule has 16 heavy (non-hydrogen) atoms. The molecule has 1 atom stereocenters. The van der Waals surface area contributed by atoms with Gasteiger partial charge in [-0.1, -0.05) is 6.07 Å². The SMILES string of the molecule is COCCC(C)n1ccnc1-c1cccs1. The second kappa shape index (κ2) is 5.27. The van der Waals surface area contributed by atoms with E-state index in [1.165, 1.54) is 4.88 Å². The second-order valence-corrected chi connectivity index (χ2v) is 4.71. The van der Waals surface area contributed by atoms with E-state index in [1.54, 1.807) is 18.4 Å². The Hall–Kier alpha value is -1.13. The first-order chi connectivity index (χ1) is 7.83. The van der Waals surface area contributed by atoms with E-state index in [0.29, 0.717) is 6.04 Å². The normalized spacial score (nSPS) is 12.9. The van der Waals surface area contributed by atoms with Crippen LogP contribution in [0, 0.1) is 0 Å². The molecule has 0 N–H and O–H groups in total. The van der Waals surface area contributed by atoms with Crippen molar-refractivity contribution in [1.82, 2.24) is 9.55 Å². The summed E-state index contributed by atoms with van der Waals surface area (Å²) in [4.78, 5) is 5.64. The highest BCUT2D eigenvalue weighted by atomic mass is 32.1. The summed E-state index contributed by atoms with van der Waals surface area (Å²) in [5, 5.41) is 2.08. The van der Waals surface area contributed by atoms with E-state index < -0.39 is 0 Å². The van der Waals surface area contributed by atoms with Gasteiger partial charge in [-0.3, -0.25) is 0 Å². The Morgan fingerprint density at radius 3 is 3.12 bits per heavy atom. The molecule has 2 rings (SSSR count). The Morgan fingerprint density at radius 1 is 1.56 bits per heavy atom. The fourth-order valence-electron chi connectivity index (χ4n) is 1.69. The van der Waals surface area contributed by atoms with Crippen LogP contribution in [0.5, 0.6) is 0 Å². The van der Waals surface area contributed by atoms with Crippen molar-refractivity contribution in [2.45, 2.75) is 19.4 Å². The lowest BCUT2D eigenvalue weighted by molar-refractivity contribution is 0.181. The maximum Gasteiger partial charge on any atom is 0.150 e. The van der Waals surface area contributed by atoms with Crippen LogP contribution < -0.4 is 0 Å². The number of nitrogens with zero attached hydrogens (tertiary/aromatic N) is 2. The van der Waals surface area contributed by atoms with Crippen molar-refractivity contribution in [2.24, 2.45) is 0 Å². The molecule has 3 nitrogen and oxygen atoms in total. The van der Waals surface area contributed by atoms with Gasteiger partial charge in [0, 0.05) is 32.2 Å². The van der Waals surface area contributed by atoms with Crippen LogP contribution in [0.4, 0.5) is 0 Å². The molecular weight excluding hydrogens is 220 g/mol. The van der Waals surface area contributed by atoms with Gasteiger partial charge in [0.2, 0.25) is 0 Å². The number of methoxy groups -OCH3 is 1. The average molecular weight is 236 g/mol. The number of hydrogen-bond donors (Lipinski definition) is 0. The lowest BCUT2D eigenvalue weighted by atomic mass is 10.2. The van der Waals surface area contributed by atoms with Gasteiger partial charge >= 0.3 is 0 Å². The van der Waals surface area contributed by atoms with Gasteiger partial charge in [-0.05, 0) is 24.8 Å². The molecule has 0 aliphatic rings. The van der Waals surface area contributed by atoms with E-state index in [1.807, 2.05) is 12.4 Å². The molecule has 1 unspecified atom stereocenters. The minimum atomic E-state index is 0.416. The number of imidazole rings is 1. The molecule has 0 saturated heterocycles. The number of rotatable bonds is 5. The van der Waals surface area contributed by atoms with Crippen molar-refractivity contribution in [1.29, 1.82) is 0 Å². The summed E-state index contributed by atoms with van der Waals surface area (Å²) < 4.78 is 7.32. The van der Waals surface area contributed by atoms with Gasteiger partial charge < -0.3 is 9.30 Å². The van der Waals surface area contributed by atoms with Gasteiger partial charge in [-0.15, -0.1) is 11.3 Å². The van der Waals surface area contributed by atoms with E-state index in [0.717, 1.165) is 18.9 Å². The van der Waals surface area contributed by atoms with E-state index >= 15 is 0 Å². The molecule has 0 radical (unpaired) electrons. The number of thiophene rings is 1. The van der Waals surface area contributed by atoms with E-state index in [2.05, 4.69) is 34.0 Å². The Balaban J connectivity index is 2.19. The average Bonchev–Trinajstić information content (AvgIpc) is 2.94. The van der Waals surface area contributed by atoms with Crippen molar-refractivity contribution in [3.05, 3.63) is 29.9 Å². The summed E-state index contributed by atoms with van der Waals surface area (Å²) in [6, 6.07) is 4.57. The third-order valence-electron chi connectivity index (χ3n) is 2.62. The molecule has 0 saturated carbocycles. The van der Waals surface area contributed by atoms with Gasteiger partial charge in [0.1, 0.15) is 5.82 Å². The van der Waals surface area contributed by atoms with Crippen molar-refractivity contribution >= 4 is 11.3 Å². The molecule has 0 aliphatic carbocycles. The summed E-state index contributed by atoms with van der Waals surface area (Å²) >= 11 is 1.72. The number of hydrogen-bond acceptors (Lipinski definition) is 3. The van der Waals surface area contributed by atoms with Crippen molar-refractivity contribution < 1.29 is 4.74 Å². The highest BCUT2D eigenvalue weighted by molar-refractivity contribution is 7.13. The summed E-state index contributed by atoms with van der Waals surface area (Å²) in [6.07, 6.45) is 4.90. The highest BCUT2D eigenvalue weighted by Crippen LogP contribution is 2.26. The highest BCUT2D eigenvalue weighted by Gasteiger charge is 2.11. The van der Waals surface area contributed by atoms with Crippen LogP contribution in [0.15, 0.2) is 29.9 Å². The first-order valence-corrected chi connectivity index (χ1v) is 6.26. The van der Waals surface area contributed by atoms with Gasteiger partial charge in [0.15, 0.2) is 0 Å². The van der Waals surface area contributed by atoms with Crippen LogP contribution >= 0.6 is 11.3 Å². The summed E-state index contributed by atoms with van der Waals surface area (Å²) in [6.45, 7) is 2.97. The maximum atomic E-state index is 5.11. The minimum absolute atomic E-state index is 0.416. The molecule has 0 amide bonds. The Morgan fingerprint density at radius 2 is 2.44 bits per heavy atom. The first-order valence-electron chi connectivity index (χ1n) is 5.38. The molecule has 4 heteroatoms. The molecule has 0 aromatic carbocycles. The molecular formula is C12H16N2OS. The maximum absolute atomic E-state index is 5.11. The molecule has 0 aliphatic heterocycles. The van der Waals surface area contributed by atoms with Crippen LogP contribution in [0.3, 0.4) is 0 Å². The molecule has 0 fully saturated rings. The Kier molecular flexibility index (Phi) is 3.74. The van der Waals surface area contributed by atoms with Crippen LogP contribution in [-0.2, 0) is 4.74 Å². The van der Waals surface area contributed by atoms with Crippen LogP contribution in [-0.4, -0.2) is 23.3 Å². The van der Waals surface area contributed by atoms with Crippen molar-refractivity contribution in [2.75, 3.05) is 13.7 Å². The van der Waals surface area contributed by atoms with E-state index in [9.17, 15) is 0 Å². The summed E-state index contributed by atoms with van der Waals surface area (Å²) in [5.41, 5.74) is 0. The Labute approximate surface area is 99.7 Å². The zero-order chi connectivity index (χ0) is 11.4. The van der Waals surface area contributed by atoms with Gasteiger partial charge in [-0.25, -0.2) is 4.98 Å². The molecule has 2 heterocycles. The Bertz CT molecular complexity index is 422. The summed E-state index contributed by atoms with van der Waals surface area (Å²) in [7, 11) is 1.74.